The highest BCUT2D eigenvalue weighted by Gasteiger charge is 2.35. The molecule has 2 amide bonds. The van der Waals surface area contributed by atoms with Gasteiger partial charge in [-0.05, 0) is 79.2 Å². The van der Waals surface area contributed by atoms with Crippen LogP contribution in [0, 0.1) is 5.92 Å². The maximum Gasteiger partial charge on any atom is 0.271 e. The molecule has 164 valence electrons. The van der Waals surface area contributed by atoms with Gasteiger partial charge in [0.15, 0.2) is 0 Å². The van der Waals surface area contributed by atoms with E-state index in [9.17, 15) is 9.59 Å². The molecule has 10 heteroatoms. The molecule has 2 bridgehead atoms. The van der Waals surface area contributed by atoms with Crippen molar-refractivity contribution in [2.24, 2.45) is 11.7 Å². The third kappa shape index (κ3) is 7.49. The molecule has 0 aliphatic carbocycles. The number of carbonyl (C=O) groups is 2. The predicted octanol–water partition coefficient (Wildman–Crippen LogP) is 3.66. The number of nitrogens with zero attached hydrogens (tertiary/aromatic N) is 3. The number of rotatable bonds is 3. The monoisotopic (exact) mass is 521 g/mol. The van der Waals surface area contributed by atoms with Crippen molar-refractivity contribution in [3.05, 3.63) is 69.1 Å². The first-order valence-electron chi connectivity index (χ1n) is 9.87. The third-order valence-corrected chi connectivity index (χ3v) is 6.71. The van der Waals surface area contributed by atoms with Gasteiger partial charge in [0.1, 0.15) is 11.4 Å². The Morgan fingerprint density at radius 3 is 2.00 bits per heavy atom. The molecule has 3 aliphatic rings. The van der Waals surface area contributed by atoms with Crippen molar-refractivity contribution in [2.75, 3.05) is 19.6 Å². The minimum absolute atomic E-state index is 0.0139. The average molecular weight is 522 g/mol. The summed E-state index contributed by atoms with van der Waals surface area (Å²) in [5.74, 6) is 0.193. The second-order valence-corrected chi connectivity index (χ2v) is 9.39. The van der Waals surface area contributed by atoms with Crippen molar-refractivity contribution in [3.63, 3.8) is 0 Å². The number of carbonyl (C=O) groups excluding carboxylic acids is 2. The number of hydrogen-bond acceptors (Lipinski definition) is 7. The first-order chi connectivity index (χ1) is 15.0. The lowest BCUT2D eigenvalue weighted by molar-refractivity contribution is 0.0618. The number of nitrogens with one attached hydrogen (secondary N) is 1. The van der Waals surface area contributed by atoms with Gasteiger partial charge in [0.25, 0.3) is 11.8 Å². The lowest BCUT2D eigenvalue weighted by Gasteiger charge is -2.44. The molecule has 1 aromatic carbocycles. The second kappa shape index (κ2) is 12.0. The maximum absolute atomic E-state index is 11.9. The summed E-state index contributed by atoms with van der Waals surface area (Å²) < 4.78 is 8.88. The zero-order valence-electron chi connectivity index (χ0n) is 16.8. The van der Waals surface area contributed by atoms with Crippen molar-refractivity contribution >= 4 is 50.8 Å². The highest BCUT2D eigenvalue weighted by molar-refractivity contribution is 9.10. The van der Waals surface area contributed by atoms with Crippen LogP contribution in [0.1, 0.15) is 33.8 Å². The normalized spacial score (nSPS) is 21.1. The fraction of sp³-hybridized carbons (Fsp3) is 0.333. The van der Waals surface area contributed by atoms with E-state index in [1.807, 2.05) is 35.7 Å². The summed E-state index contributed by atoms with van der Waals surface area (Å²) in [5.41, 5.74) is 5.76. The SMILES string of the molecule is Brc1ccccc1.NC(=O)c1ccsn1.O=C(N[C@@H]1CN2CCC1CC2)c1ccsn1. The zero-order chi connectivity index (χ0) is 22.1. The minimum Gasteiger partial charge on any atom is -0.364 e. The Balaban J connectivity index is 0.000000152. The molecule has 31 heavy (non-hydrogen) atoms. The summed E-state index contributed by atoms with van der Waals surface area (Å²) in [6.07, 6.45) is 2.45. The van der Waals surface area contributed by atoms with E-state index in [0.29, 0.717) is 23.3 Å². The number of nitrogens with two attached hydrogens (primary N) is 1. The number of hydrogen-bond donors (Lipinski definition) is 2. The van der Waals surface area contributed by atoms with Crippen LogP contribution in [0.2, 0.25) is 0 Å². The molecule has 3 saturated heterocycles. The number of benzene rings is 1. The summed E-state index contributed by atoms with van der Waals surface area (Å²) in [4.78, 5) is 24.5. The lowest BCUT2D eigenvalue weighted by atomic mass is 9.84. The van der Waals surface area contributed by atoms with Gasteiger partial charge < -0.3 is 16.0 Å². The van der Waals surface area contributed by atoms with Gasteiger partial charge in [-0.2, -0.15) is 8.75 Å². The molecule has 3 N–H and O–H groups in total. The lowest BCUT2D eigenvalue weighted by Crippen LogP contribution is -2.57. The quantitative estimate of drug-likeness (QED) is 0.547. The van der Waals surface area contributed by atoms with E-state index >= 15 is 0 Å². The summed E-state index contributed by atoms with van der Waals surface area (Å²) >= 11 is 5.85. The van der Waals surface area contributed by atoms with Crippen molar-refractivity contribution in [1.29, 1.82) is 0 Å². The number of primary amides is 1. The topological polar surface area (TPSA) is 101 Å². The third-order valence-electron chi connectivity index (χ3n) is 5.07. The second-order valence-electron chi connectivity index (χ2n) is 7.15. The van der Waals surface area contributed by atoms with E-state index in [-0.39, 0.29) is 5.91 Å². The Morgan fingerprint density at radius 2 is 1.61 bits per heavy atom. The largest absolute Gasteiger partial charge is 0.364 e. The average Bonchev–Trinajstić information content (AvgIpc) is 3.51. The van der Waals surface area contributed by atoms with Crippen LogP contribution in [0.15, 0.2) is 57.7 Å². The van der Waals surface area contributed by atoms with Gasteiger partial charge in [0.2, 0.25) is 0 Å². The molecule has 0 spiro atoms. The smallest absolute Gasteiger partial charge is 0.271 e. The molecule has 3 fully saturated rings. The van der Waals surface area contributed by atoms with Crippen LogP contribution in [0.5, 0.6) is 0 Å². The molecule has 0 saturated carbocycles. The molecule has 0 radical (unpaired) electrons. The van der Waals surface area contributed by atoms with Gasteiger partial charge in [-0.15, -0.1) is 0 Å². The fourth-order valence-electron chi connectivity index (χ4n) is 3.45. The molecule has 1 atom stereocenters. The van der Waals surface area contributed by atoms with Crippen molar-refractivity contribution in [2.45, 2.75) is 18.9 Å². The molecule has 3 aliphatic heterocycles. The number of piperidine rings is 3. The van der Waals surface area contributed by atoms with E-state index in [1.54, 1.807) is 17.5 Å². The van der Waals surface area contributed by atoms with Crippen LogP contribution in [-0.4, -0.2) is 51.1 Å². The molecule has 5 heterocycles. The van der Waals surface area contributed by atoms with E-state index < -0.39 is 5.91 Å². The fourth-order valence-corrected chi connectivity index (χ4v) is 4.78. The van der Waals surface area contributed by atoms with E-state index in [4.69, 9.17) is 5.73 Å². The number of fused-ring (bicyclic) bond motifs is 3. The van der Waals surface area contributed by atoms with Gasteiger partial charge in [-0.25, -0.2) is 0 Å². The van der Waals surface area contributed by atoms with E-state index in [0.717, 1.165) is 11.0 Å². The Labute approximate surface area is 198 Å². The highest BCUT2D eigenvalue weighted by Crippen LogP contribution is 2.27. The van der Waals surface area contributed by atoms with Crippen LogP contribution in [-0.2, 0) is 0 Å². The zero-order valence-corrected chi connectivity index (χ0v) is 20.0. The van der Waals surface area contributed by atoms with Gasteiger partial charge >= 0.3 is 0 Å². The van der Waals surface area contributed by atoms with Crippen LogP contribution < -0.4 is 11.1 Å². The first-order valence-corrected chi connectivity index (χ1v) is 12.3. The van der Waals surface area contributed by atoms with E-state index in [2.05, 4.69) is 34.9 Å². The number of aromatic nitrogens is 2. The molecule has 2 aromatic heterocycles. The van der Waals surface area contributed by atoms with E-state index in [1.165, 1.54) is 49.0 Å². The van der Waals surface area contributed by atoms with Crippen molar-refractivity contribution in [1.82, 2.24) is 19.0 Å². The Hall–Kier alpha value is -2.14. The summed E-state index contributed by atoms with van der Waals surface area (Å²) in [6.45, 7) is 3.42. The number of amides is 2. The summed E-state index contributed by atoms with van der Waals surface area (Å²) in [6, 6.07) is 13.7. The Bertz CT molecular complexity index is 930. The number of halogens is 1. The van der Waals surface area contributed by atoms with Crippen LogP contribution in [0.3, 0.4) is 0 Å². The van der Waals surface area contributed by atoms with Crippen LogP contribution in [0.4, 0.5) is 0 Å². The minimum atomic E-state index is -0.466. The van der Waals surface area contributed by atoms with Crippen LogP contribution in [0.25, 0.3) is 0 Å². The highest BCUT2D eigenvalue weighted by atomic mass is 79.9. The predicted molar refractivity (Wildman–Crippen MR) is 127 cm³/mol. The van der Waals surface area contributed by atoms with Gasteiger partial charge in [0.05, 0.1) is 0 Å². The van der Waals surface area contributed by atoms with Gasteiger partial charge in [-0.1, -0.05) is 34.1 Å². The molecule has 3 aromatic rings. The molecular formula is C21H24BrN5O2S2. The Kier molecular flexibility index (Phi) is 9.13. The standard InChI is InChI=1S/C11H15N3OS.C6H5Br.C4H4N2OS/c15-11(9-3-6-16-13-9)12-10-7-14-4-1-8(10)2-5-14;7-6-4-2-1-3-5-6;5-4(7)3-1-2-8-6-3/h3,6,8,10H,1-2,4-5,7H2,(H,12,15);1-5H;1-2H,(H2,5,7)/t10-;;/m1../s1. The molecule has 7 nitrogen and oxygen atoms in total. The van der Waals surface area contributed by atoms with Gasteiger partial charge in [0, 0.05) is 27.8 Å². The van der Waals surface area contributed by atoms with Crippen LogP contribution >= 0.6 is 39.0 Å². The molecule has 0 unspecified atom stereocenters. The Morgan fingerprint density at radius 1 is 1.00 bits per heavy atom. The maximum atomic E-state index is 11.9. The van der Waals surface area contributed by atoms with Crippen molar-refractivity contribution in [3.8, 4) is 0 Å². The first kappa shape index (κ1) is 23.5. The molecule has 6 rings (SSSR count). The van der Waals surface area contributed by atoms with Crippen molar-refractivity contribution < 1.29 is 9.59 Å². The summed E-state index contributed by atoms with van der Waals surface area (Å²) in [5, 5.41) is 6.66. The molecular weight excluding hydrogens is 498 g/mol. The van der Waals surface area contributed by atoms with Gasteiger partial charge in [-0.3, -0.25) is 9.59 Å². The summed E-state index contributed by atoms with van der Waals surface area (Å²) in [7, 11) is 0.